The second-order valence-corrected chi connectivity index (χ2v) is 6.75. The van der Waals surface area contributed by atoms with Crippen LogP contribution in [0.5, 0.6) is 0 Å². The minimum Gasteiger partial charge on any atom is -0.351 e. The fourth-order valence-electron chi connectivity index (χ4n) is 2.70. The van der Waals surface area contributed by atoms with Crippen molar-refractivity contribution in [2.45, 2.75) is 32.2 Å². The Morgan fingerprint density at radius 1 is 1.22 bits per heavy atom. The highest BCUT2D eigenvalue weighted by Gasteiger charge is 2.43. The lowest BCUT2D eigenvalue weighted by molar-refractivity contribution is -0.130. The highest BCUT2D eigenvalue weighted by molar-refractivity contribution is 6.06. The third-order valence-corrected chi connectivity index (χ3v) is 4.11. The van der Waals surface area contributed by atoms with Crippen LogP contribution in [0.3, 0.4) is 0 Å². The van der Waals surface area contributed by atoms with E-state index in [4.69, 9.17) is 5.73 Å². The van der Waals surface area contributed by atoms with E-state index in [9.17, 15) is 19.2 Å². The quantitative estimate of drug-likeness (QED) is 0.489. The molecule has 5 amide bonds. The molecule has 0 bridgehead atoms. The number of benzene rings is 1. The number of nitrogens with one attached hydrogen (secondary N) is 3. The van der Waals surface area contributed by atoms with Gasteiger partial charge in [0.1, 0.15) is 5.54 Å². The second kappa shape index (κ2) is 8.63. The fourth-order valence-corrected chi connectivity index (χ4v) is 2.70. The van der Waals surface area contributed by atoms with E-state index >= 15 is 0 Å². The molecule has 1 heterocycles. The molecule has 2 rings (SSSR count). The minimum atomic E-state index is -0.921. The monoisotopic (exact) mass is 375 g/mol. The zero-order valence-corrected chi connectivity index (χ0v) is 15.5. The molecule has 146 valence electrons. The maximum absolute atomic E-state index is 12.2. The van der Waals surface area contributed by atoms with Gasteiger partial charge in [0.25, 0.3) is 11.8 Å². The number of rotatable bonds is 8. The van der Waals surface area contributed by atoms with E-state index < -0.39 is 11.6 Å². The van der Waals surface area contributed by atoms with Crippen molar-refractivity contribution in [3.63, 3.8) is 0 Å². The summed E-state index contributed by atoms with van der Waals surface area (Å²) in [6.07, 6.45) is 0.429. The zero-order valence-electron chi connectivity index (χ0n) is 15.5. The van der Waals surface area contributed by atoms with Gasteiger partial charge in [-0.15, -0.1) is 0 Å². The van der Waals surface area contributed by atoms with Gasteiger partial charge in [0.15, 0.2) is 0 Å². The van der Waals surface area contributed by atoms with E-state index in [1.165, 1.54) is 0 Å². The summed E-state index contributed by atoms with van der Waals surface area (Å²) in [7, 11) is 0. The number of imide groups is 1. The van der Waals surface area contributed by atoms with E-state index in [0.717, 1.165) is 4.90 Å². The van der Waals surface area contributed by atoms with Gasteiger partial charge in [-0.1, -0.05) is 12.1 Å². The summed E-state index contributed by atoms with van der Waals surface area (Å²) in [5.74, 6) is -0.937. The minimum absolute atomic E-state index is 0.107. The van der Waals surface area contributed by atoms with E-state index in [-0.39, 0.29) is 30.7 Å². The first kappa shape index (κ1) is 20.4. The molecule has 5 N–H and O–H groups in total. The number of hydrogen-bond acceptors (Lipinski definition) is 5. The van der Waals surface area contributed by atoms with Crippen molar-refractivity contribution in [3.8, 4) is 0 Å². The van der Waals surface area contributed by atoms with Gasteiger partial charge in [-0.3, -0.25) is 19.3 Å². The van der Waals surface area contributed by atoms with Gasteiger partial charge < -0.3 is 21.7 Å². The van der Waals surface area contributed by atoms with Crippen LogP contribution in [-0.4, -0.2) is 53.8 Å². The lowest BCUT2D eigenvalue weighted by atomic mass is 10.1. The summed E-state index contributed by atoms with van der Waals surface area (Å²) in [5.41, 5.74) is 5.19. The first-order valence-corrected chi connectivity index (χ1v) is 8.77. The number of urea groups is 1. The van der Waals surface area contributed by atoms with Crippen molar-refractivity contribution in [1.82, 2.24) is 15.5 Å². The standard InChI is InChI=1S/C18H25N5O4/c1-18(2)16(26)23(17(27)22-18)11-5-8-14(24)21-13-7-4-3-6-12(13)15(25)20-10-9-19/h3-4,6-7H,5,8-11,19H2,1-2H3,(H,20,25)(H,21,24)(H,22,27). The largest absolute Gasteiger partial charge is 0.351 e. The zero-order chi connectivity index (χ0) is 20.0. The number of carbonyl (C=O) groups excluding carboxylic acids is 4. The lowest BCUT2D eigenvalue weighted by Crippen LogP contribution is -2.40. The van der Waals surface area contributed by atoms with Crippen LogP contribution in [0.25, 0.3) is 0 Å². The molecule has 0 saturated carbocycles. The van der Waals surface area contributed by atoms with Gasteiger partial charge in [0.2, 0.25) is 5.91 Å². The van der Waals surface area contributed by atoms with Gasteiger partial charge in [-0.25, -0.2) is 4.79 Å². The highest BCUT2D eigenvalue weighted by Crippen LogP contribution is 2.18. The van der Waals surface area contributed by atoms with E-state index in [2.05, 4.69) is 16.0 Å². The smallest absolute Gasteiger partial charge is 0.325 e. The predicted molar refractivity (Wildman–Crippen MR) is 100 cm³/mol. The van der Waals surface area contributed by atoms with Crippen LogP contribution in [0.15, 0.2) is 24.3 Å². The maximum atomic E-state index is 12.2. The molecule has 1 aliphatic heterocycles. The molecule has 0 unspecified atom stereocenters. The van der Waals surface area contributed by atoms with Crippen LogP contribution in [0, 0.1) is 0 Å². The molecule has 0 spiro atoms. The van der Waals surface area contributed by atoms with Gasteiger partial charge in [-0.05, 0) is 32.4 Å². The summed E-state index contributed by atoms with van der Waals surface area (Å²) < 4.78 is 0. The van der Waals surface area contributed by atoms with Crippen molar-refractivity contribution >= 4 is 29.4 Å². The number of nitrogens with zero attached hydrogens (tertiary/aromatic N) is 1. The first-order chi connectivity index (χ1) is 12.8. The topological polar surface area (TPSA) is 134 Å². The Labute approximate surface area is 157 Å². The number of anilines is 1. The molecule has 0 aromatic heterocycles. The molecule has 9 heteroatoms. The molecule has 27 heavy (non-hydrogen) atoms. The second-order valence-electron chi connectivity index (χ2n) is 6.75. The molecular formula is C18H25N5O4. The predicted octanol–water partition coefficient (Wildman–Crippen LogP) is 0.424. The van der Waals surface area contributed by atoms with Gasteiger partial charge >= 0.3 is 6.03 Å². The average Bonchev–Trinajstić information content (AvgIpc) is 2.81. The Kier molecular flexibility index (Phi) is 6.51. The summed E-state index contributed by atoms with van der Waals surface area (Å²) in [6.45, 7) is 4.07. The molecule has 1 fully saturated rings. The van der Waals surface area contributed by atoms with Gasteiger partial charge in [-0.2, -0.15) is 0 Å². The van der Waals surface area contributed by atoms with Crippen LogP contribution in [-0.2, 0) is 9.59 Å². The van der Waals surface area contributed by atoms with Crippen molar-refractivity contribution in [2.24, 2.45) is 5.73 Å². The Morgan fingerprint density at radius 3 is 2.56 bits per heavy atom. The molecule has 0 aliphatic carbocycles. The van der Waals surface area contributed by atoms with Crippen LogP contribution in [0.1, 0.15) is 37.0 Å². The molecule has 9 nitrogen and oxygen atoms in total. The van der Waals surface area contributed by atoms with Gasteiger partial charge in [0.05, 0.1) is 11.3 Å². The average molecular weight is 375 g/mol. The first-order valence-electron chi connectivity index (χ1n) is 8.77. The molecular weight excluding hydrogens is 350 g/mol. The van der Waals surface area contributed by atoms with E-state index in [1.54, 1.807) is 38.1 Å². The van der Waals surface area contributed by atoms with Crippen LogP contribution >= 0.6 is 0 Å². The van der Waals surface area contributed by atoms with E-state index in [1.807, 2.05) is 0 Å². The lowest BCUT2D eigenvalue weighted by Gasteiger charge is -2.16. The van der Waals surface area contributed by atoms with Crippen LogP contribution < -0.4 is 21.7 Å². The molecule has 1 aromatic carbocycles. The SMILES string of the molecule is CC1(C)NC(=O)N(CCCC(=O)Nc2ccccc2C(=O)NCCN)C1=O. The number of para-hydroxylation sites is 1. The molecule has 1 aromatic rings. The van der Waals surface area contributed by atoms with Crippen LogP contribution in [0.2, 0.25) is 0 Å². The summed E-state index contributed by atoms with van der Waals surface area (Å²) >= 11 is 0. The Bertz CT molecular complexity index is 747. The number of carbonyl (C=O) groups is 4. The van der Waals surface area contributed by atoms with Crippen LogP contribution in [0.4, 0.5) is 10.5 Å². The Balaban J connectivity index is 1.89. The van der Waals surface area contributed by atoms with Crippen molar-refractivity contribution in [2.75, 3.05) is 25.0 Å². The highest BCUT2D eigenvalue weighted by atomic mass is 16.2. The number of amides is 5. The van der Waals surface area contributed by atoms with E-state index in [0.29, 0.717) is 30.8 Å². The Morgan fingerprint density at radius 2 is 1.93 bits per heavy atom. The summed E-state index contributed by atoms with van der Waals surface area (Å²) in [4.78, 5) is 49.3. The third-order valence-electron chi connectivity index (χ3n) is 4.11. The summed E-state index contributed by atoms with van der Waals surface area (Å²) in [5, 5.41) is 7.94. The maximum Gasteiger partial charge on any atom is 0.325 e. The molecule has 1 aliphatic rings. The third kappa shape index (κ3) is 5.04. The molecule has 0 atom stereocenters. The summed E-state index contributed by atoms with van der Waals surface area (Å²) in [6, 6.07) is 6.20. The molecule has 0 radical (unpaired) electrons. The number of hydrogen-bond donors (Lipinski definition) is 4. The van der Waals surface area contributed by atoms with Crippen molar-refractivity contribution in [1.29, 1.82) is 0 Å². The Hall–Kier alpha value is -2.94. The van der Waals surface area contributed by atoms with Crippen molar-refractivity contribution < 1.29 is 19.2 Å². The van der Waals surface area contributed by atoms with Crippen molar-refractivity contribution in [3.05, 3.63) is 29.8 Å². The number of nitrogens with two attached hydrogens (primary N) is 1. The normalized spacial score (nSPS) is 15.4. The fraction of sp³-hybridized carbons (Fsp3) is 0.444. The van der Waals surface area contributed by atoms with Gasteiger partial charge in [0, 0.05) is 26.1 Å². The molecule has 1 saturated heterocycles.